The van der Waals surface area contributed by atoms with Crippen molar-refractivity contribution in [3.8, 4) is 0 Å². The van der Waals surface area contributed by atoms with Crippen molar-refractivity contribution in [1.29, 1.82) is 0 Å². The second-order valence-electron chi connectivity index (χ2n) is 4.22. The summed E-state index contributed by atoms with van der Waals surface area (Å²) in [6.07, 6.45) is 0.757. The van der Waals surface area contributed by atoms with Crippen LogP contribution in [-0.2, 0) is 11.3 Å². The Morgan fingerprint density at radius 2 is 1.94 bits per heavy atom. The van der Waals surface area contributed by atoms with Crippen molar-refractivity contribution >= 4 is 12.3 Å². The van der Waals surface area contributed by atoms with Gasteiger partial charge in [0.05, 0.1) is 6.04 Å². The maximum absolute atomic E-state index is 11.5. The topological polar surface area (TPSA) is 58.2 Å². The maximum Gasteiger partial charge on any atom is 0.315 e. The molecule has 1 atom stereocenters. The van der Waals surface area contributed by atoms with Crippen LogP contribution in [-0.4, -0.2) is 18.4 Å². The van der Waals surface area contributed by atoms with E-state index in [0.29, 0.717) is 6.54 Å². The fraction of sp³-hybridized carbons (Fsp3) is 0.385. The summed E-state index contributed by atoms with van der Waals surface area (Å²) in [6, 6.07) is 8.85. The number of carbonyl (C=O) groups is 2. The van der Waals surface area contributed by atoms with Crippen molar-refractivity contribution in [2.45, 2.75) is 26.4 Å². The van der Waals surface area contributed by atoms with Gasteiger partial charge < -0.3 is 15.4 Å². The average molecular weight is 234 g/mol. The number of aldehydes is 1. The Kier molecular flexibility index (Phi) is 5.20. The zero-order valence-electron chi connectivity index (χ0n) is 10.1. The van der Waals surface area contributed by atoms with E-state index < -0.39 is 6.04 Å². The molecular formula is C13H18N2O2. The fourth-order valence-corrected chi connectivity index (χ4v) is 1.34. The van der Waals surface area contributed by atoms with E-state index in [4.69, 9.17) is 0 Å². The van der Waals surface area contributed by atoms with Crippen LogP contribution in [0.25, 0.3) is 0 Å². The molecule has 0 heterocycles. The van der Waals surface area contributed by atoms with Gasteiger partial charge in [-0.05, 0) is 11.5 Å². The summed E-state index contributed by atoms with van der Waals surface area (Å²) < 4.78 is 0. The van der Waals surface area contributed by atoms with Gasteiger partial charge in [0.1, 0.15) is 6.29 Å². The minimum Gasteiger partial charge on any atom is -0.334 e. The standard InChI is InChI=1S/C13H18N2O2/c1-10(2)12(9-16)15-13(17)14-8-11-6-4-3-5-7-11/h3-7,9-10,12H,8H2,1-2H3,(H2,14,15,17)/t12-/m0/s1. The summed E-state index contributed by atoms with van der Waals surface area (Å²) in [6.45, 7) is 4.23. The Bertz CT molecular complexity index is 363. The van der Waals surface area contributed by atoms with E-state index in [0.717, 1.165) is 11.8 Å². The molecule has 0 aliphatic heterocycles. The number of urea groups is 1. The molecule has 0 aliphatic rings. The molecule has 0 radical (unpaired) electrons. The first-order valence-electron chi connectivity index (χ1n) is 5.67. The summed E-state index contributed by atoms with van der Waals surface area (Å²) in [5.41, 5.74) is 1.02. The van der Waals surface area contributed by atoms with E-state index in [1.807, 2.05) is 44.2 Å². The van der Waals surface area contributed by atoms with Gasteiger partial charge in [0.25, 0.3) is 0 Å². The van der Waals surface area contributed by atoms with Crippen molar-refractivity contribution in [3.05, 3.63) is 35.9 Å². The molecule has 0 fully saturated rings. The molecule has 0 saturated carbocycles. The van der Waals surface area contributed by atoms with Gasteiger partial charge in [-0.2, -0.15) is 0 Å². The van der Waals surface area contributed by atoms with Crippen LogP contribution in [0, 0.1) is 5.92 Å². The van der Waals surface area contributed by atoms with E-state index in [-0.39, 0.29) is 11.9 Å². The molecule has 4 heteroatoms. The third-order valence-electron chi connectivity index (χ3n) is 2.46. The molecule has 1 aromatic rings. The first-order valence-corrected chi connectivity index (χ1v) is 5.67. The Labute approximate surface area is 101 Å². The molecular weight excluding hydrogens is 216 g/mol. The highest BCUT2D eigenvalue weighted by molar-refractivity contribution is 5.78. The molecule has 0 aliphatic carbocycles. The summed E-state index contributed by atoms with van der Waals surface area (Å²) >= 11 is 0. The lowest BCUT2D eigenvalue weighted by atomic mass is 10.1. The first kappa shape index (κ1) is 13.2. The minimum atomic E-state index is -0.439. The number of hydrogen-bond acceptors (Lipinski definition) is 2. The average Bonchev–Trinajstić information content (AvgIpc) is 2.34. The summed E-state index contributed by atoms with van der Waals surface area (Å²) in [5.74, 6) is 0.0926. The summed E-state index contributed by atoms with van der Waals surface area (Å²) in [5, 5.41) is 5.33. The Morgan fingerprint density at radius 3 is 2.47 bits per heavy atom. The Hall–Kier alpha value is -1.84. The molecule has 2 N–H and O–H groups in total. The predicted molar refractivity (Wildman–Crippen MR) is 66.5 cm³/mol. The molecule has 0 unspecified atom stereocenters. The molecule has 92 valence electrons. The molecule has 0 aromatic heterocycles. The van der Waals surface area contributed by atoms with Crippen molar-refractivity contribution < 1.29 is 9.59 Å². The summed E-state index contributed by atoms with van der Waals surface area (Å²) in [4.78, 5) is 22.2. The van der Waals surface area contributed by atoms with Crippen molar-refractivity contribution in [1.82, 2.24) is 10.6 Å². The fourth-order valence-electron chi connectivity index (χ4n) is 1.34. The van der Waals surface area contributed by atoms with Crippen LogP contribution < -0.4 is 10.6 Å². The number of rotatable bonds is 5. The zero-order chi connectivity index (χ0) is 12.7. The maximum atomic E-state index is 11.5. The highest BCUT2D eigenvalue weighted by Gasteiger charge is 2.14. The lowest BCUT2D eigenvalue weighted by molar-refractivity contribution is -0.110. The van der Waals surface area contributed by atoms with Crippen molar-refractivity contribution in [2.24, 2.45) is 5.92 Å². The van der Waals surface area contributed by atoms with Gasteiger partial charge in [-0.3, -0.25) is 0 Å². The van der Waals surface area contributed by atoms with E-state index in [1.54, 1.807) is 0 Å². The van der Waals surface area contributed by atoms with Crippen LogP contribution in [0.3, 0.4) is 0 Å². The number of benzene rings is 1. The molecule has 0 bridgehead atoms. The smallest absolute Gasteiger partial charge is 0.315 e. The molecule has 4 nitrogen and oxygen atoms in total. The highest BCUT2D eigenvalue weighted by atomic mass is 16.2. The van der Waals surface area contributed by atoms with Crippen LogP contribution in [0.5, 0.6) is 0 Å². The molecule has 17 heavy (non-hydrogen) atoms. The monoisotopic (exact) mass is 234 g/mol. The molecule has 1 rings (SSSR count). The lowest BCUT2D eigenvalue weighted by Crippen LogP contribution is -2.45. The van der Waals surface area contributed by atoms with E-state index >= 15 is 0 Å². The number of hydrogen-bond donors (Lipinski definition) is 2. The largest absolute Gasteiger partial charge is 0.334 e. The Morgan fingerprint density at radius 1 is 1.29 bits per heavy atom. The lowest BCUT2D eigenvalue weighted by Gasteiger charge is -2.16. The van der Waals surface area contributed by atoms with E-state index in [2.05, 4.69) is 10.6 Å². The quantitative estimate of drug-likeness (QED) is 0.762. The first-order chi connectivity index (χ1) is 8.13. The second kappa shape index (κ2) is 6.68. The van der Waals surface area contributed by atoms with Crippen LogP contribution in [0.15, 0.2) is 30.3 Å². The van der Waals surface area contributed by atoms with Crippen molar-refractivity contribution in [2.75, 3.05) is 0 Å². The SMILES string of the molecule is CC(C)[C@H](C=O)NC(=O)NCc1ccccc1. The van der Waals surface area contributed by atoms with Gasteiger partial charge in [-0.25, -0.2) is 4.79 Å². The number of carbonyl (C=O) groups excluding carboxylic acids is 2. The minimum absolute atomic E-state index is 0.0926. The van der Waals surface area contributed by atoms with Crippen LogP contribution in [0.2, 0.25) is 0 Å². The number of nitrogens with one attached hydrogen (secondary N) is 2. The van der Waals surface area contributed by atoms with Gasteiger partial charge in [0, 0.05) is 6.54 Å². The second-order valence-corrected chi connectivity index (χ2v) is 4.22. The number of amides is 2. The van der Waals surface area contributed by atoms with Crippen LogP contribution in [0.1, 0.15) is 19.4 Å². The Balaban J connectivity index is 2.37. The third kappa shape index (κ3) is 4.68. The van der Waals surface area contributed by atoms with Crippen molar-refractivity contribution in [3.63, 3.8) is 0 Å². The molecule has 1 aromatic carbocycles. The molecule has 0 saturated heterocycles. The molecule has 2 amide bonds. The third-order valence-corrected chi connectivity index (χ3v) is 2.46. The van der Waals surface area contributed by atoms with Gasteiger partial charge >= 0.3 is 6.03 Å². The van der Waals surface area contributed by atoms with E-state index in [1.165, 1.54) is 0 Å². The highest BCUT2D eigenvalue weighted by Crippen LogP contribution is 1.99. The van der Waals surface area contributed by atoms with Gasteiger partial charge in [0.15, 0.2) is 0 Å². The van der Waals surface area contributed by atoms with Crippen LogP contribution >= 0.6 is 0 Å². The predicted octanol–water partition coefficient (Wildman–Crippen LogP) is 1.71. The van der Waals surface area contributed by atoms with E-state index in [9.17, 15) is 9.59 Å². The van der Waals surface area contributed by atoms with Gasteiger partial charge in [-0.15, -0.1) is 0 Å². The zero-order valence-corrected chi connectivity index (χ0v) is 10.1. The summed E-state index contributed by atoms with van der Waals surface area (Å²) in [7, 11) is 0. The molecule has 0 spiro atoms. The van der Waals surface area contributed by atoms with Crippen LogP contribution in [0.4, 0.5) is 4.79 Å². The van der Waals surface area contributed by atoms with Gasteiger partial charge in [0.2, 0.25) is 0 Å². The normalized spacial score (nSPS) is 11.9. The van der Waals surface area contributed by atoms with Gasteiger partial charge in [-0.1, -0.05) is 44.2 Å².